The lowest BCUT2D eigenvalue weighted by atomic mass is 10.1. The third kappa shape index (κ3) is 3.08. The summed E-state index contributed by atoms with van der Waals surface area (Å²) in [7, 11) is 0. The molecule has 1 atom stereocenters. The van der Waals surface area contributed by atoms with Gasteiger partial charge in [-0.05, 0) is 30.7 Å². The van der Waals surface area contributed by atoms with Crippen molar-refractivity contribution < 1.29 is 9.59 Å². The molecule has 1 aliphatic rings. The van der Waals surface area contributed by atoms with Gasteiger partial charge >= 0.3 is 0 Å². The second kappa shape index (κ2) is 6.05. The minimum absolute atomic E-state index is 0.141. The topological polar surface area (TPSA) is 49.4 Å². The zero-order valence-electron chi connectivity index (χ0n) is 13.0. The van der Waals surface area contributed by atoms with Crippen molar-refractivity contribution in [2.45, 2.75) is 26.4 Å². The second-order valence-corrected chi connectivity index (χ2v) is 6.18. The van der Waals surface area contributed by atoms with Crippen molar-refractivity contribution in [1.82, 2.24) is 5.32 Å². The Morgan fingerprint density at radius 2 is 1.91 bits per heavy atom. The maximum absolute atomic E-state index is 12.7. The van der Waals surface area contributed by atoms with Gasteiger partial charge in [0.1, 0.15) is 6.04 Å². The highest BCUT2D eigenvalue weighted by atomic mass is 35.5. The Morgan fingerprint density at radius 3 is 2.57 bits per heavy atom. The number of halogens is 1. The van der Waals surface area contributed by atoms with Crippen LogP contribution >= 0.6 is 11.6 Å². The van der Waals surface area contributed by atoms with Gasteiger partial charge in [-0.1, -0.05) is 41.4 Å². The molecule has 0 spiro atoms. The summed E-state index contributed by atoms with van der Waals surface area (Å²) in [4.78, 5) is 25.9. The number of carbonyl (C=O) groups excluding carboxylic acids is 2. The molecular weight excluding hydrogens is 312 g/mol. The van der Waals surface area contributed by atoms with Gasteiger partial charge in [0, 0.05) is 23.2 Å². The molecule has 23 heavy (non-hydrogen) atoms. The average molecular weight is 329 g/mol. The Morgan fingerprint density at radius 1 is 1.22 bits per heavy atom. The van der Waals surface area contributed by atoms with Crippen LogP contribution < -0.4 is 10.2 Å². The number of aryl methyl sites for hydroxylation is 1. The van der Waals surface area contributed by atoms with Gasteiger partial charge in [0.05, 0.1) is 6.54 Å². The molecular formula is C18H17ClN2O2. The number of hydrogen-bond acceptors (Lipinski definition) is 2. The van der Waals surface area contributed by atoms with E-state index in [1.165, 1.54) is 12.5 Å². The zero-order chi connectivity index (χ0) is 16.6. The van der Waals surface area contributed by atoms with E-state index < -0.39 is 6.04 Å². The summed E-state index contributed by atoms with van der Waals surface area (Å²) in [6.07, 6.45) is 0. The van der Waals surface area contributed by atoms with Crippen LogP contribution in [0.2, 0.25) is 5.02 Å². The van der Waals surface area contributed by atoms with E-state index in [4.69, 9.17) is 11.6 Å². The SMILES string of the molecule is CC(=O)NC1C(=O)N(Cc2ccc(C)cc2)c2ccc(Cl)cc21. The summed E-state index contributed by atoms with van der Waals surface area (Å²) in [5.74, 6) is -0.385. The maximum atomic E-state index is 12.7. The first-order valence-corrected chi connectivity index (χ1v) is 7.77. The molecule has 4 nitrogen and oxygen atoms in total. The number of nitrogens with zero attached hydrogens (tertiary/aromatic N) is 1. The first kappa shape index (κ1) is 15.6. The van der Waals surface area contributed by atoms with E-state index in [1.54, 1.807) is 17.0 Å². The minimum atomic E-state index is -0.674. The molecule has 2 amide bonds. The quantitative estimate of drug-likeness (QED) is 0.939. The fourth-order valence-corrected chi connectivity index (χ4v) is 2.97. The third-order valence-corrected chi connectivity index (χ3v) is 4.15. The number of hydrogen-bond donors (Lipinski definition) is 1. The summed E-state index contributed by atoms with van der Waals surface area (Å²) in [6.45, 7) is 3.89. The van der Waals surface area contributed by atoms with Crippen LogP contribution in [-0.2, 0) is 16.1 Å². The van der Waals surface area contributed by atoms with Crippen molar-refractivity contribution in [3.05, 3.63) is 64.2 Å². The average Bonchev–Trinajstić information content (AvgIpc) is 2.74. The number of fused-ring (bicyclic) bond motifs is 1. The summed E-state index contributed by atoms with van der Waals surface area (Å²) in [5.41, 5.74) is 3.74. The minimum Gasteiger partial charge on any atom is -0.341 e. The highest BCUT2D eigenvalue weighted by Gasteiger charge is 2.37. The van der Waals surface area contributed by atoms with E-state index in [1.807, 2.05) is 37.3 Å². The Kier molecular flexibility index (Phi) is 4.09. The van der Waals surface area contributed by atoms with E-state index in [0.29, 0.717) is 11.6 Å². The van der Waals surface area contributed by atoms with Crippen LogP contribution in [0.5, 0.6) is 0 Å². The summed E-state index contributed by atoms with van der Waals surface area (Å²) in [6, 6.07) is 12.7. The van der Waals surface area contributed by atoms with Gasteiger partial charge in [0.2, 0.25) is 5.91 Å². The molecule has 0 fully saturated rings. The van der Waals surface area contributed by atoms with Crippen molar-refractivity contribution in [3.63, 3.8) is 0 Å². The van der Waals surface area contributed by atoms with Crippen LogP contribution in [0, 0.1) is 6.92 Å². The van der Waals surface area contributed by atoms with E-state index in [-0.39, 0.29) is 11.8 Å². The molecule has 118 valence electrons. The predicted molar refractivity (Wildman–Crippen MR) is 90.4 cm³/mol. The Hall–Kier alpha value is -2.33. The highest BCUT2D eigenvalue weighted by molar-refractivity contribution is 6.31. The van der Waals surface area contributed by atoms with E-state index >= 15 is 0 Å². The van der Waals surface area contributed by atoms with E-state index in [2.05, 4.69) is 5.32 Å². The first-order chi connectivity index (χ1) is 11.0. The van der Waals surface area contributed by atoms with E-state index in [9.17, 15) is 9.59 Å². The normalized spacial score (nSPS) is 16.4. The molecule has 0 aliphatic carbocycles. The number of amides is 2. The van der Waals surface area contributed by atoms with Crippen LogP contribution in [0.25, 0.3) is 0 Å². The van der Waals surface area contributed by atoms with Crippen molar-refractivity contribution in [3.8, 4) is 0 Å². The lowest BCUT2D eigenvalue weighted by molar-refractivity contribution is -0.126. The fourth-order valence-electron chi connectivity index (χ4n) is 2.79. The summed E-state index contributed by atoms with van der Waals surface area (Å²) in [5, 5.41) is 3.26. The van der Waals surface area contributed by atoms with Crippen LogP contribution in [-0.4, -0.2) is 11.8 Å². The van der Waals surface area contributed by atoms with Crippen molar-refractivity contribution in [2.75, 3.05) is 4.90 Å². The van der Waals surface area contributed by atoms with Gasteiger partial charge in [-0.15, -0.1) is 0 Å². The predicted octanol–water partition coefficient (Wildman–Crippen LogP) is 3.37. The molecule has 0 radical (unpaired) electrons. The van der Waals surface area contributed by atoms with Crippen LogP contribution in [0.3, 0.4) is 0 Å². The molecule has 2 aromatic carbocycles. The van der Waals surface area contributed by atoms with Crippen LogP contribution in [0.4, 0.5) is 5.69 Å². The maximum Gasteiger partial charge on any atom is 0.254 e. The standard InChI is InChI=1S/C18H17ClN2O2/c1-11-3-5-13(6-4-11)10-21-16-8-7-14(19)9-15(16)17(18(21)23)20-12(2)22/h3-9,17H,10H2,1-2H3,(H,20,22). The smallest absolute Gasteiger partial charge is 0.254 e. The Labute approximate surface area is 140 Å². The molecule has 1 heterocycles. The molecule has 0 aromatic heterocycles. The fraction of sp³-hybridized carbons (Fsp3) is 0.222. The molecule has 2 aromatic rings. The van der Waals surface area contributed by atoms with Crippen molar-refractivity contribution in [2.24, 2.45) is 0 Å². The van der Waals surface area contributed by atoms with Gasteiger partial charge < -0.3 is 10.2 Å². The Bertz CT molecular complexity index is 771. The second-order valence-electron chi connectivity index (χ2n) is 5.75. The Balaban J connectivity index is 1.96. The number of anilines is 1. The van der Waals surface area contributed by atoms with Gasteiger partial charge in [-0.2, -0.15) is 0 Å². The number of carbonyl (C=O) groups is 2. The molecule has 0 saturated heterocycles. The van der Waals surface area contributed by atoms with Gasteiger partial charge in [-0.3, -0.25) is 9.59 Å². The van der Waals surface area contributed by atoms with Gasteiger partial charge in [0.25, 0.3) is 5.91 Å². The number of rotatable bonds is 3. The van der Waals surface area contributed by atoms with Crippen LogP contribution in [0.1, 0.15) is 29.7 Å². The molecule has 0 saturated carbocycles. The molecule has 1 N–H and O–H groups in total. The number of benzene rings is 2. The number of nitrogens with one attached hydrogen (secondary N) is 1. The van der Waals surface area contributed by atoms with Crippen molar-refractivity contribution in [1.29, 1.82) is 0 Å². The lowest BCUT2D eigenvalue weighted by Gasteiger charge is -2.18. The first-order valence-electron chi connectivity index (χ1n) is 7.39. The molecule has 5 heteroatoms. The largest absolute Gasteiger partial charge is 0.341 e. The molecule has 1 unspecified atom stereocenters. The molecule has 3 rings (SSSR count). The monoisotopic (exact) mass is 328 g/mol. The third-order valence-electron chi connectivity index (χ3n) is 3.91. The highest BCUT2D eigenvalue weighted by Crippen LogP contribution is 2.38. The van der Waals surface area contributed by atoms with E-state index in [0.717, 1.165) is 16.8 Å². The summed E-state index contributed by atoms with van der Waals surface area (Å²) >= 11 is 6.06. The molecule has 1 aliphatic heterocycles. The molecule has 0 bridgehead atoms. The van der Waals surface area contributed by atoms with Gasteiger partial charge in [0.15, 0.2) is 0 Å². The zero-order valence-corrected chi connectivity index (χ0v) is 13.7. The van der Waals surface area contributed by atoms with Crippen LogP contribution in [0.15, 0.2) is 42.5 Å². The lowest BCUT2D eigenvalue weighted by Crippen LogP contribution is -2.36. The van der Waals surface area contributed by atoms with Gasteiger partial charge in [-0.25, -0.2) is 0 Å². The van der Waals surface area contributed by atoms with Crippen molar-refractivity contribution >= 4 is 29.1 Å². The summed E-state index contributed by atoms with van der Waals surface area (Å²) < 4.78 is 0.